The number of anilines is 1. The van der Waals surface area contributed by atoms with Gasteiger partial charge in [-0.2, -0.15) is 4.31 Å². The van der Waals surface area contributed by atoms with Crippen LogP contribution in [0.2, 0.25) is 5.02 Å². The quantitative estimate of drug-likeness (QED) is 0.595. The summed E-state index contributed by atoms with van der Waals surface area (Å²) in [6.45, 7) is 1.53. The average molecular weight is 481 g/mol. The lowest BCUT2D eigenvalue weighted by Crippen LogP contribution is -2.45. The van der Waals surface area contributed by atoms with E-state index in [1.807, 2.05) is 6.92 Å². The number of benzene rings is 2. The number of amides is 1. The summed E-state index contributed by atoms with van der Waals surface area (Å²) in [4.78, 5) is 13.0. The van der Waals surface area contributed by atoms with Crippen LogP contribution in [-0.4, -0.2) is 45.4 Å². The Kier molecular flexibility index (Phi) is 8.03. The van der Waals surface area contributed by atoms with Crippen molar-refractivity contribution in [1.82, 2.24) is 4.31 Å². The largest absolute Gasteiger partial charge is 0.495 e. The molecule has 0 aliphatic heterocycles. The summed E-state index contributed by atoms with van der Waals surface area (Å²) in [5.41, 5.74) is 1.26. The Morgan fingerprint density at radius 1 is 1.06 bits per heavy atom. The summed E-state index contributed by atoms with van der Waals surface area (Å²) < 4.78 is 39.2. The summed E-state index contributed by atoms with van der Waals surface area (Å²) in [5.74, 6) is 0.313. The second-order valence-corrected chi connectivity index (χ2v) is 10.2. The lowest BCUT2D eigenvalue weighted by Gasteiger charge is -2.33. The standard InChI is InChI=1S/C23H29ClN2O5S/c1-16-9-11-21(31-3)22(13-16)32(28,29)26(18-7-5-4-6-8-18)15-23(27)25-17-10-12-20(30-2)19(24)14-17/h9-14,18H,4-8,15H2,1-3H3,(H,25,27). The molecule has 1 aliphatic rings. The maximum absolute atomic E-state index is 13.7. The highest BCUT2D eigenvalue weighted by molar-refractivity contribution is 7.89. The van der Waals surface area contributed by atoms with Crippen molar-refractivity contribution in [2.45, 2.75) is 50.0 Å². The number of rotatable bonds is 8. The fourth-order valence-electron chi connectivity index (χ4n) is 3.98. The lowest BCUT2D eigenvalue weighted by atomic mass is 9.95. The maximum Gasteiger partial charge on any atom is 0.247 e. The number of aryl methyl sites for hydroxylation is 1. The normalized spacial score (nSPS) is 14.9. The number of halogens is 1. The number of nitrogens with zero attached hydrogens (tertiary/aromatic N) is 1. The van der Waals surface area contributed by atoms with Gasteiger partial charge >= 0.3 is 0 Å². The van der Waals surface area contributed by atoms with Crippen LogP contribution in [0.4, 0.5) is 5.69 Å². The number of sulfonamides is 1. The smallest absolute Gasteiger partial charge is 0.247 e. The van der Waals surface area contributed by atoms with E-state index < -0.39 is 15.9 Å². The van der Waals surface area contributed by atoms with E-state index in [9.17, 15) is 13.2 Å². The van der Waals surface area contributed by atoms with E-state index in [1.54, 1.807) is 36.4 Å². The molecule has 3 rings (SSSR count). The molecular formula is C23H29ClN2O5S. The van der Waals surface area contributed by atoms with Crippen molar-refractivity contribution in [2.75, 3.05) is 26.1 Å². The van der Waals surface area contributed by atoms with Gasteiger partial charge in [0, 0.05) is 11.7 Å². The van der Waals surface area contributed by atoms with Crippen molar-refractivity contribution in [1.29, 1.82) is 0 Å². The SMILES string of the molecule is COc1ccc(NC(=O)CN(C2CCCCC2)S(=O)(=O)c2cc(C)ccc2OC)cc1Cl. The molecule has 2 aromatic carbocycles. The number of carbonyl (C=O) groups is 1. The van der Waals surface area contributed by atoms with Crippen molar-refractivity contribution in [3.63, 3.8) is 0 Å². The van der Waals surface area contributed by atoms with Crippen molar-refractivity contribution in [2.24, 2.45) is 0 Å². The highest BCUT2D eigenvalue weighted by Crippen LogP contribution is 2.33. The molecule has 0 unspecified atom stereocenters. The molecule has 7 nitrogen and oxygen atoms in total. The molecule has 0 aromatic heterocycles. The molecule has 174 valence electrons. The van der Waals surface area contributed by atoms with Gasteiger partial charge in [-0.25, -0.2) is 8.42 Å². The fourth-order valence-corrected chi connectivity index (χ4v) is 6.12. The Balaban J connectivity index is 1.90. The molecule has 1 aliphatic carbocycles. The molecule has 0 heterocycles. The van der Waals surface area contributed by atoms with Crippen LogP contribution in [0.3, 0.4) is 0 Å². The predicted molar refractivity (Wildman–Crippen MR) is 125 cm³/mol. The Morgan fingerprint density at radius 2 is 1.72 bits per heavy atom. The zero-order valence-electron chi connectivity index (χ0n) is 18.6. The van der Waals surface area contributed by atoms with E-state index in [0.717, 1.165) is 37.7 Å². The Labute approximate surface area is 194 Å². The van der Waals surface area contributed by atoms with E-state index in [0.29, 0.717) is 16.5 Å². The van der Waals surface area contributed by atoms with Crippen LogP contribution in [0.15, 0.2) is 41.3 Å². The monoisotopic (exact) mass is 480 g/mol. The zero-order valence-corrected chi connectivity index (χ0v) is 20.1. The van der Waals surface area contributed by atoms with Gasteiger partial charge in [0.25, 0.3) is 0 Å². The molecule has 0 spiro atoms. The summed E-state index contributed by atoms with van der Waals surface area (Å²) in [5, 5.41) is 3.10. The van der Waals surface area contributed by atoms with Gasteiger partial charge in [-0.05, 0) is 55.7 Å². The molecule has 0 bridgehead atoms. The number of ether oxygens (including phenoxy) is 2. The van der Waals surface area contributed by atoms with Gasteiger partial charge < -0.3 is 14.8 Å². The zero-order chi connectivity index (χ0) is 23.3. The fraction of sp³-hybridized carbons (Fsp3) is 0.435. The van der Waals surface area contributed by atoms with E-state index in [-0.39, 0.29) is 23.2 Å². The highest BCUT2D eigenvalue weighted by atomic mass is 35.5. The van der Waals surface area contributed by atoms with Gasteiger partial charge in [0.2, 0.25) is 15.9 Å². The number of hydrogen-bond donors (Lipinski definition) is 1. The molecule has 2 aromatic rings. The van der Waals surface area contributed by atoms with E-state index in [1.165, 1.54) is 18.5 Å². The van der Waals surface area contributed by atoms with Crippen molar-refractivity contribution >= 4 is 33.2 Å². The second-order valence-electron chi connectivity index (χ2n) is 7.89. The number of carbonyl (C=O) groups excluding carboxylic acids is 1. The lowest BCUT2D eigenvalue weighted by molar-refractivity contribution is -0.116. The van der Waals surface area contributed by atoms with E-state index >= 15 is 0 Å². The number of hydrogen-bond acceptors (Lipinski definition) is 5. The molecule has 1 amide bonds. The first-order valence-electron chi connectivity index (χ1n) is 10.6. The Bertz CT molecular complexity index is 1070. The minimum atomic E-state index is -3.97. The number of methoxy groups -OCH3 is 2. The van der Waals surface area contributed by atoms with Gasteiger partial charge in [-0.3, -0.25) is 4.79 Å². The molecule has 1 N–H and O–H groups in total. The molecule has 1 saturated carbocycles. The van der Waals surface area contributed by atoms with Crippen LogP contribution < -0.4 is 14.8 Å². The highest BCUT2D eigenvalue weighted by Gasteiger charge is 2.35. The third-order valence-electron chi connectivity index (χ3n) is 5.62. The third kappa shape index (κ3) is 5.54. The molecule has 9 heteroatoms. The number of nitrogens with one attached hydrogen (secondary N) is 1. The first-order chi connectivity index (χ1) is 15.3. The summed E-state index contributed by atoms with van der Waals surface area (Å²) in [7, 11) is -1.03. The van der Waals surface area contributed by atoms with Gasteiger partial charge in [0.15, 0.2) is 0 Å². The van der Waals surface area contributed by atoms with Gasteiger partial charge in [-0.1, -0.05) is 36.9 Å². The Hall–Kier alpha value is -2.29. The Morgan fingerprint density at radius 3 is 2.34 bits per heavy atom. The van der Waals surface area contributed by atoms with Crippen LogP contribution in [0.5, 0.6) is 11.5 Å². The van der Waals surface area contributed by atoms with Gasteiger partial charge in [0.05, 0.1) is 25.8 Å². The van der Waals surface area contributed by atoms with Crippen LogP contribution >= 0.6 is 11.6 Å². The second kappa shape index (κ2) is 10.6. The van der Waals surface area contributed by atoms with Gasteiger partial charge in [-0.15, -0.1) is 0 Å². The summed E-state index contributed by atoms with van der Waals surface area (Å²) in [6.07, 6.45) is 4.35. The van der Waals surface area contributed by atoms with E-state index in [2.05, 4.69) is 5.32 Å². The van der Waals surface area contributed by atoms with Crippen LogP contribution in [0, 0.1) is 6.92 Å². The minimum Gasteiger partial charge on any atom is -0.495 e. The minimum absolute atomic E-state index is 0.0749. The maximum atomic E-state index is 13.7. The van der Waals surface area contributed by atoms with Crippen LogP contribution in [0.25, 0.3) is 0 Å². The van der Waals surface area contributed by atoms with Crippen LogP contribution in [0.1, 0.15) is 37.7 Å². The summed E-state index contributed by atoms with van der Waals surface area (Å²) in [6, 6.07) is 9.65. The first kappa shape index (κ1) is 24.4. The first-order valence-corrected chi connectivity index (χ1v) is 12.4. The molecule has 0 saturated heterocycles. The molecule has 0 radical (unpaired) electrons. The molecular weight excluding hydrogens is 452 g/mol. The van der Waals surface area contributed by atoms with Crippen molar-refractivity contribution in [3.8, 4) is 11.5 Å². The molecule has 32 heavy (non-hydrogen) atoms. The van der Waals surface area contributed by atoms with Gasteiger partial charge in [0.1, 0.15) is 16.4 Å². The van der Waals surface area contributed by atoms with E-state index in [4.69, 9.17) is 21.1 Å². The predicted octanol–water partition coefficient (Wildman–Crippen LogP) is 4.63. The topological polar surface area (TPSA) is 84.9 Å². The molecule has 0 atom stereocenters. The molecule has 1 fully saturated rings. The van der Waals surface area contributed by atoms with Crippen LogP contribution in [-0.2, 0) is 14.8 Å². The van der Waals surface area contributed by atoms with Crippen molar-refractivity contribution in [3.05, 3.63) is 47.0 Å². The van der Waals surface area contributed by atoms with Crippen molar-refractivity contribution < 1.29 is 22.7 Å². The average Bonchev–Trinajstić information content (AvgIpc) is 2.78. The summed E-state index contributed by atoms with van der Waals surface area (Å²) >= 11 is 6.14. The third-order valence-corrected chi connectivity index (χ3v) is 7.84.